The highest BCUT2D eigenvalue weighted by Gasteiger charge is 2.15. The molecule has 0 aliphatic carbocycles. The van der Waals surface area contributed by atoms with E-state index in [0.717, 1.165) is 38.9 Å². The fourth-order valence-electron chi connectivity index (χ4n) is 3.12. The summed E-state index contributed by atoms with van der Waals surface area (Å²) in [5, 5.41) is 3.60. The van der Waals surface area contributed by atoms with E-state index < -0.39 is 5.97 Å². The number of carbonyl (C=O) groups is 2. The van der Waals surface area contributed by atoms with E-state index >= 15 is 0 Å². The van der Waals surface area contributed by atoms with Crippen LogP contribution in [-0.4, -0.2) is 34.7 Å². The van der Waals surface area contributed by atoms with E-state index in [1.165, 1.54) is 11.8 Å². The van der Waals surface area contributed by atoms with Crippen molar-refractivity contribution in [2.24, 2.45) is 0 Å². The smallest absolute Gasteiger partial charge is 0.306 e. The third-order valence-electron chi connectivity index (χ3n) is 4.72. The topological polar surface area (TPSA) is 81.2 Å². The van der Waals surface area contributed by atoms with E-state index in [4.69, 9.17) is 4.74 Å². The van der Waals surface area contributed by atoms with Crippen LogP contribution in [0.4, 0.5) is 5.69 Å². The average Bonchev–Trinajstić information content (AvgIpc) is 2.66. The maximum absolute atomic E-state index is 12.3. The van der Waals surface area contributed by atoms with Gasteiger partial charge in [-0.1, -0.05) is 43.8 Å². The summed E-state index contributed by atoms with van der Waals surface area (Å²) in [5.41, 5.74) is 5.52. The molecule has 0 spiro atoms. The second kappa shape index (κ2) is 10.4. The van der Waals surface area contributed by atoms with Gasteiger partial charge in [0.25, 0.3) is 5.91 Å². The summed E-state index contributed by atoms with van der Waals surface area (Å²) in [4.78, 5) is 33.2. The minimum atomic E-state index is -0.415. The highest BCUT2D eigenvalue weighted by Crippen LogP contribution is 2.27. The number of thioether (sulfide) groups is 1. The Morgan fingerprint density at radius 3 is 2.38 bits per heavy atom. The van der Waals surface area contributed by atoms with Gasteiger partial charge in [0, 0.05) is 23.5 Å². The summed E-state index contributed by atoms with van der Waals surface area (Å²) in [5.74, 6) is -0.477. The maximum atomic E-state index is 12.3. The zero-order chi connectivity index (χ0) is 21.6. The number of nitrogens with one attached hydrogen (secondary N) is 1. The summed E-state index contributed by atoms with van der Waals surface area (Å²) in [7, 11) is 0. The Morgan fingerprint density at radius 2 is 1.79 bits per heavy atom. The van der Waals surface area contributed by atoms with Crippen molar-refractivity contribution in [2.75, 3.05) is 18.2 Å². The monoisotopic (exact) mass is 415 g/mol. The molecule has 2 aromatic rings. The fraction of sp³-hybridized carbons (Fsp3) is 0.455. The Hall–Kier alpha value is -2.41. The van der Waals surface area contributed by atoms with E-state index in [1.54, 1.807) is 0 Å². The molecule has 1 heterocycles. The van der Waals surface area contributed by atoms with Crippen LogP contribution in [0.5, 0.6) is 0 Å². The minimum Gasteiger partial charge on any atom is -0.456 e. The van der Waals surface area contributed by atoms with Crippen molar-refractivity contribution in [2.45, 2.75) is 58.5 Å². The average molecular weight is 416 g/mol. The number of hydrogen-bond donors (Lipinski definition) is 1. The molecule has 0 radical (unpaired) electrons. The highest BCUT2D eigenvalue weighted by atomic mass is 32.2. The molecule has 0 bridgehead atoms. The van der Waals surface area contributed by atoms with Crippen molar-refractivity contribution in [3.05, 3.63) is 46.3 Å². The predicted molar refractivity (Wildman–Crippen MR) is 116 cm³/mol. The van der Waals surface area contributed by atoms with Crippen molar-refractivity contribution in [3.8, 4) is 0 Å². The number of hydrogen-bond acceptors (Lipinski definition) is 6. The number of esters is 1. The van der Waals surface area contributed by atoms with E-state index in [-0.39, 0.29) is 24.9 Å². The molecule has 6 nitrogen and oxygen atoms in total. The molecule has 0 saturated carbocycles. The van der Waals surface area contributed by atoms with Crippen LogP contribution >= 0.6 is 11.8 Å². The number of rotatable bonds is 8. The number of benzene rings is 1. The van der Waals surface area contributed by atoms with Gasteiger partial charge in [-0.2, -0.15) is 0 Å². The van der Waals surface area contributed by atoms with E-state index in [9.17, 15) is 9.59 Å². The first-order valence-electron chi connectivity index (χ1n) is 9.66. The molecule has 1 N–H and O–H groups in total. The van der Waals surface area contributed by atoms with Crippen LogP contribution in [0.15, 0.2) is 23.4 Å². The zero-order valence-corrected chi connectivity index (χ0v) is 18.8. The molecule has 1 amide bonds. The number of ether oxygens (including phenoxy) is 1. The molecule has 1 aromatic heterocycles. The summed E-state index contributed by atoms with van der Waals surface area (Å²) in [6.07, 6.45) is 2.60. The number of anilines is 1. The molecule has 2 rings (SSSR count). The van der Waals surface area contributed by atoms with Gasteiger partial charge in [-0.3, -0.25) is 9.59 Å². The standard InChI is InChI=1S/C22H29N3O3S/c1-13(2)17-9-7-8-14(3)21(17)25-19(26)12-28-20(27)11-10-18-15(4)23-22(29-6)24-16(18)5/h7-9,13H,10-12H2,1-6H3,(H,25,26). The lowest BCUT2D eigenvalue weighted by molar-refractivity contribution is -0.147. The highest BCUT2D eigenvalue weighted by molar-refractivity contribution is 7.98. The summed E-state index contributed by atoms with van der Waals surface area (Å²) >= 11 is 1.49. The van der Waals surface area contributed by atoms with Crippen LogP contribution in [0, 0.1) is 20.8 Å². The zero-order valence-electron chi connectivity index (χ0n) is 18.0. The third kappa shape index (κ3) is 6.29. The Balaban J connectivity index is 1.90. The van der Waals surface area contributed by atoms with Crippen molar-refractivity contribution >= 4 is 29.3 Å². The van der Waals surface area contributed by atoms with E-state index in [1.807, 2.05) is 45.2 Å². The first-order chi connectivity index (χ1) is 13.7. The second-order valence-corrected chi connectivity index (χ2v) is 8.04. The molecule has 0 saturated heterocycles. The second-order valence-electron chi connectivity index (χ2n) is 7.26. The minimum absolute atomic E-state index is 0.179. The SMILES string of the molecule is CSc1nc(C)c(CCC(=O)OCC(=O)Nc2c(C)cccc2C(C)C)c(C)n1. The number of nitrogens with zero attached hydrogens (tertiary/aromatic N) is 2. The van der Waals surface area contributed by atoms with Gasteiger partial charge in [0.2, 0.25) is 0 Å². The fourth-order valence-corrected chi connectivity index (χ4v) is 3.58. The first-order valence-corrected chi connectivity index (χ1v) is 10.9. The molecule has 0 unspecified atom stereocenters. The molecule has 0 aliphatic heterocycles. The van der Waals surface area contributed by atoms with Crippen molar-refractivity contribution in [1.82, 2.24) is 9.97 Å². The Morgan fingerprint density at radius 1 is 1.14 bits per heavy atom. The molecular formula is C22H29N3O3S. The summed E-state index contributed by atoms with van der Waals surface area (Å²) in [6.45, 7) is 9.62. The van der Waals surface area contributed by atoms with Gasteiger partial charge < -0.3 is 10.1 Å². The predicted octanol–water partition coefficient (Wildman–Crippen LogP) is 4.36. The molecule has 1 aromatic carbocycles. The van der Waals surface area contributed by atoms with E-state index in [0.29, 0.717) is 6.42 Å². The number of para-hydroxylation sites is 1. The molecule has 156 valence electrons. The number of aromatic nitrogens is 2. The van der Waals surface area contributed by atoms with Gasteiger partial charge in [-0.25, -0.2) is 9.97 Å². The van der Waals surface area contributed by atoms with Crippen LogP contribution < -0.4 is 5.32 Å². The first kappa shape index (κ1) is 22.9. The van der Waals surface area contributed by atoms with Crippen molar-refractivity contribution in [3.63, 3.8) is 0 Å². The van der Waals surface area contributed by atoms with Gasteiger partial charge in [0.15, 0.2) is 11.8 Å². The Kier molecular flexibility index (Phi) is 8.20. The largest absolute Gasteiger partial charge is 0.456 e. The van der Waals surface area contributed by atoms with Crippen LogP contribution in [0.3, 0.4) is 0 Å². The van der Waals surface area contributed by atoms with E-state index in [2.05, 4.69) is 29.1 Å². The molecule has 29 heavy (non-hydrogen) atoms. The molecule has 7 heteroatoms. The van der Waals surface area contributed by atoms with Gasteiger partial charge in [0.05, 0.1) is 0 Å². The lowest BCUT2D eigenvalue weighted by Crippen LogP contribution is -2.22. The molecular weight excluding hydrogens is 386 g/mol. The number of aryl methyl sites for hydroxylation is 3. The van der Waals surface area contributed by atoms with Gasteiger partial charge in [-0.05, 0) is 56.1 Å². The lowest BCUT2D eigenvalue weighted by Gasteiger charge is -2.16. The molecule has 0 atom stereocenters. The van der Waals surface area contributed by atoms with Crippen LogP contribution in [0.2, 0.25) is 0 Å². The maximum Gasteiger partial charge on any atom is 0.306 e. The Labute approximate surface area is 176 Å². The molecule has 0 fully saturated rings. The number of amides is 1. The quantitative estimate of drug-likeness (QED) is 0.392. The Bertz CT molecular complexity index is 874. The van der Waals surface area contributed by atoms with Gasteiger partial charge >= 0.3 is 5.97 Å². The van der Waals surface area contributed by atoms with Crippen LogP contribution in [0.25, 0.3) is 0 Å². The third-order valence-corrected chi connectivity index (χ3v) is 5.27. The van der Waals surface area contributed by atoms with Crippen LogP contribution in [-0.2, 0) is 20.7 Å². The number of carbonyl (C=O) groups excluding carboxylic acids is 2. The normalized spacial score (nSPS) is 10.9. The van der Waals surface area contributed by atoms with Crippen molar-refractivity contribution in [1.29, 1.82) is 0 Å². The summed E-state index contributed by atoms with van der Waals surface area (Å²) in [6, 6.07) is 5.91. The van der Waals surface area contributed by atoms with Crippen LogP contribution in [0.1, 0.15) is 54.3 Å². The lowest BCUT2D eigenvalue weighted by atomic mass is 9.98. The molecule has 0 aliphatic rings. The van der Waals surface area contributed by atoms with Gasteiger partial charge in [-0.15, -0.1) is 0 Å². The summed E-state index contributed by atoms with van der Waals surface area (Å²) < 4.78 is 5.17. The van der Waals surface area contributed by atoms with Crippen molar-refractivity contribution < 1.29 is 14.3 Å². The van der Waals surface area contributed by atoms with Gasteiger partial charge in [0.1, 0.15) is 0 Å².